The lowest BCUT2D eigenvalue weighted by molar-refractivity contribution is -0.116. The number of ether oxygens (including phenoxy) is 1. The molecular weight excluding hydrogens is 258 g/mol. The van der Waals surface area contributed by atoms with E-state index in [0.29, 0.717) is 31.2 Å². The van der Waals surface area contributed by atoms with Gasteiger partial charge in [0.1, 0.15) is 0 Å². The Morgan fingerprint density at radius 1 is 1.55 bits per heavy atom. The minimum Gasteiger partial charge on any atom is -0.383 e. The van der Waals surface area contributed by atoms with Gasteiger partial charge in [0.25, 0.3) is 5.56 Å². The van der Waals surface area contributed by atoms with Gasteiger partial charge in [0.15, 0.2) is 0 Å². The van der Waals surface area contributed by atoms with E-state index in [4.69, 9.17) is 4.74 Å². The van der Waals surface area contributed by atoms with Crippen LogP contribution in [0.1, 0.15) is 12.8 Å². The molecule has 1 amide bonds. The first-order chi connectivity index (χ1) is 9.69. The van der Waals surface area contributed by atoms with Gasteiger partial charge >= 0.3 is 0 Å². The molecule has 1 atom stereocenters. The zero-order chi connectivity index (χ0) is 14.4. The molecule has 1 unspecified atom stereocenters. The molecule has 1 fully saturated rings. The number of hydrogen-bond donors (Lipinski definition) is 2. The van der Waals surface area contributed by atoms with E-state index in [1.54, 1.807) is 19.4 Å². The normalized spacial score (nSPS) is 18.1. The number of anilines is 1. The van der Waals surface area contributed by atoms with E-state index < -0.39 is 0 Å². The Balaban J connectivity index is 1.94. The van der Waals surface area contributed by atoms with Gasteiger partial charge in [-0.3, -0.25) is 9.59 Å². The van der Waals surface area contributed by atoms with Gasteiger partial charge in [0.05, 0.1) is 12.3 Å². The van der Waals surface area contributed by atoms with Crippen LogP contribution in [0.15, 0.2) is 23.1 Å². The summed E-state index contributed by atoms with van der Waals surface area (Å²) >= 11 is 0. The minimum absolute atomic E-state index is 0.00404. The van der Waals surface area contributed by atoms with Crippen molar-refractivity contribution in [3.8, 4) is 0 Å². The van der Waals surface area contributed by atoms with Gasteiger partial charge in [-0.05, 0) is 31.5 Å². The molecule has 2 heterocycles. The maximum absolute atomic E-state index is 11.9. The number of rotatable bonds is 6. The third-order valence-electron chi connectivity index (χ3n) is 3.44. The van der Waals surface area contributed by atoms with Crippen LogP contribution in [0.5, 0.6) is 0 Å². The Bertz CT molecular complexity index is 507. The number of carbonyl (C=O) groups is 1. The largest absolute Gasteiger partial charge is 0.383 e. The van der Waals surface area contributed by atoms with E-state index in [0.717, 1.165) is 19.5 Å². The van der Waals surface area contributed by atoms with Gasteiger partial charge in [-0.15, -0.1) is 0 Å². The van der Waals surface area contributed by atoms with Gasteiger partial charge in [-0.1, -0.05) is 0 Å². The third-order valence-corrected chi connectivity index (χ3v) is 3.44. The molecule has 0 saturated carbocycles. The molecule has 2 N–H and O–H groups in total. The molecule has 1 aliphatic rings. The Morgan fingerprint density at radius 3 is 3.10 bits per heavy atom. The van der Waals surface area contributed by atoms with Crippen molar-refractivity contribution >= 4 is 11.6 Å². The highest BCUT2D eigenvalue weighted by Crippen LogP contribution is 2.13. The lowest BCUT2D eigenvalue weighted by Gasteiger charge is -2.11. The quantitative estimate of drug-likeness (QED) is 0.792. The van der Waals surface area contributed by atoms with Gasteiger partial charge in [0, 0.05) is 32.3 Å². The number of carbonyl (C=O) groups excluding carboxylic acids is 1. The number of pyridine rings is 1. The number of amides is 1. The van der Waals surface area contributed by atoms with Gasteiger partial charge in [-0.2, -0.15) is 0 Å². The number of methoxy groups -OCH3 is 1. The van der Waals surface area contributed by atoms with Gasteiger partial charge in [-0.25, -0.2) is 0 Å². The van der Waals surface area contributed by atoms with E-state index in [-0.39, 0.29) is 11.5 Å². The SMILES string of the molecule is COCCn1cc(NC(=O)CC2CCNC2)ccc1=O. The van der Waals surface area contributed by atoms with Crippen LogP contribution in [0.4, 0.5) is 5.69 Å². The molecule has 1 aliphatic heterocycles. The molecule has 20 heavy (non-hydrogen) atoms. The Hall–Kier alpha value is -1.66. The first-order valence-electron chi connectivity index (χ1n) is 6.89. The summed E-state index contributed by atoms with van der Waals surface area (Å²) in [5.74, 6) is 0.407. The molecule has 1 aromatic heterocycles. The van der Waals surface area contributed by atoms with Crippen molar-refractivity contribution in [3.63, 3.8) is 0 Å². The zero-order valence-corrected chi connectivity index (χ0v) is 11.7. The molecule has 6 heteroatoms. The molecule has 110 valence electrons. The van der Waals surface area contributed by atoms with Gasteiger partial charge in [0.2, 0.25) is 5.91 Å². The van der Waals surface area contributed by atoms with Crippen LogP contribution in [0, 0.1) is 5.92 Å². The maximum atomic E-state index is 11.9. The second-order valence-corrected chi connectivity index (χ2v) is 5.05. The lowest BCUT2D eigenvalue weighted by Crippen LogP contribution is -2.23. The molecule has 0 bridgehead atoms. The highest BCUT2D eigenvalue weighted by Gasteiger charge is 2.18. The zero-order valence-electron chi connectivity index (χ0n) is 11.7. The van der Waals surface area contributed by atoms with Crippen molar-refractivity contribution in [1.82, 2.24) is 9.88 Å². The summed E-state index contributed by atoms with van der Waals surface area (Å²) in [5.41, 5.74) is 0.553. The summed E-state index contributed by atoms with van der Waals surface area (Å²) in [6, 6.07) is 3.10. The number of nitrogens with one attached hydrogen (secondary N) is 2. The first kappa shape index (κ1) is 14.7. The summed E-state index contributed by atoms with van der Waals surface area (Å²) in [7, 11) is 1.59. The van der Waals surface area contributed by atoms with Crippen molar-refractivity contribution in [2.45, 2.75) is 19.4 Å². The summed E-state index contributed by atoms with van der Waals surface area (Å²) in [4.78, 5) is 23.6. The van der Waals surface area contributed by atoms with Crippen molar-refractivity contribution in [1.29, 1.82) is 0 Å². The van der Waals surface area contributed by atoms with Crippen LogP contribution < -0.4 is 16.2 Å². The van der Waals surface area contributed by atoms with Crippen molar-refractivity contribution in [2.24, 2.45) is 5.92 Å². The fraction of sp³-hybridized carbons (Fsp3) is 0.571. The van der Waals surface area contributed by atoms with Crippen molar-refractivity contribution in [2.75, 3.05) is 32.1 Å². The van der Waals surface area contributed by atoms with Crippen molar-refractivity contribution in [3.05, 3.63) is 28.7 Å². The van der Waals surface area contributed by atoms with Crippen LogP contribution in [-0.2, 0) is 16.1 Å². The molecular formula is C14H21N3O3. The fourth-order valence-corrected chi connectivity index (χ4v) is 2.33. The maximum Gasteiger partial charge on any atom is 0.250 e. The molecule has 2 rings (SSSR count). The third kappa shape index (κ3) is 4.18. The average molecular weight is 279 g/mol. The summed E-state index contributed by atoms with van der Waals surface area (Å²) in [6.07, 6.45) is 3.22. The van der Waals surface area contributed by atoms with E-state index in [2.05, 4.69) is 10.6 Å². The Morgan fingerprint density at radius 2 is 2.40 bits per heavy atom. The molecule has 6 nitrogen and oxygen atoms in total. The fourth-order valence-electron chi connectivity index (χ4n) is 2.33. The van der Waals surface area contributed by atoms with E-state index in [1.807, 2.05) is 0 Å². The highest BCUT2D eigenvalue weighted by molar-refractivity contribution is 5.90. The number of nitrogens with zero attached hydrogens (tertiary/aromatic N) is 1. The van der Waals surface area contributed by atoms with Crippen LogP contribution >= 0.6 is 0 Å². The second kappa shape index (κ2) is 7.21. The van der Waals surface area contributed by atoms with Gasteiger partial charge < -0.3 is 19.9 Å². The molecule has 1 saturated heterocycles. The second-order valence-electron chi connectivity index (χ2n) is 5.05. The number of hydrogen-bond acceptors (Lipinski definition) is 4. The van der Waals surface area contributed by atoms with E-state index >= 15 is 0 Å². The highest BCUT2D eigenvalue weighted by atomic mass is 16.5. The minimum atomic E-state index is -0.0972. The summed E-state index contributed by atoms with van der Waals surface area (Å²) in [6.45, 7) is 2.83. The van der Waals surface area contributed by atoms with Crippen LogP contribution in [0.25, 0.3) is 0 Å². The van der Waals surface area contributed by atoms with Crippen LogP contribution in [0.2, 0.25) is 0 Å². The van der Waals surface area contributed by atoms with Crippen LogP contribution in [0.3, 0.4) is 0 Å². The summed E-state index contributed by atoms with van der Waals surface area (Å²) in [5, 5.41) is 6.09. The number of aromatic nitrogens is 1. The van der Waals surface area contributed by atoms with Crippen LogP contribution in [-0.4, -0.2) is 37.3 Å². The standard InChI is InChI=1S/C14H21N3O3/c1-20-7-6-17-10-12(2-3-14(17)19)16-13(18)8-11-4-5-15-9-11/h2-3,10-11,15H,4-9H2,1H3,(H,16,18). The predicted molar refractivity (Wildman–Crippen MR) is 76.8 cm³/mol. The Kier molecular flexibility index (Phi) is 5.31. The average Bonchev–Trinajstić information content (AvgIpc) is 2.92. The first-order valence-corrected chi connectivity index (χ1v) is 6.89. The van der Waals surface area contributed by atoms with Crippen molar-refractivity contribution < 1.29 is 9.53 Å². The molecule has 0 aliphatic carbocycles. The topological polar surface area (TPSA) is 72.4 Å². The molecule has 0 spiro atoms. The molecule has 0 radical (unpaired) electrons. The summed E-state index contributed by atoms with van der Waals surface area (Å²) < 4.78 is 6.49. The smallest absolute Gasteiger partial charge is 0.250 e. The van der Waals surface area contributed by atoms with E-state index in [1.165, 1.54) is 10.6 Å². The molecule has 1 aromatic rings. The predicted octanol–water partition coefficient (Wildman–Crippen LogP) is 0.433. The van der Waals surface area contributed by atoms with E-state index in [9.17, 15) is 9.59 Å². The monoisotopic (exact) mass is 279 g/mol. The Labute approximate surface area is 118 Å². The lowest BCUT2D eigenvalue weighted by atomic mass is 10.0. The molecule has 0 aromatic carbocycles.